The van der Waals surface area contributed by atoms with Crippen LogP contribution in [0.5, 0.6) is 0 Å². The number of rotatable bonds is 6. The lowest BCUT2D eigenvalue weighted by molar-refractivity contribution is 0.130. The van der Waals surface area contributed by atoms with Gasteiger partial charge in [0.2, 0.25) is 0 Å². The van der Waals surface area contributed by atoms with Crippen LogP contribution in [-0.4, -0.2) is 79.6 Å². The Labute approximate surface area is 152 Å². The maximum absolute atomic E-state index is 4.85. The number of hydrogen-bond acceptors (Lipinski definition) is 3. The van der Waals surface area contributed by atoms with Crippen LogP contribution in [0.2, 0.25) is 0 Å². The lowest BCUT2D eigenvalue weighted by Gasteiger charge is -2.34. The summed E-state index contributed by atoms with van der Waals surface area (Å²) in [4.78, 5) is 12.4. The molecule has 0 amide bonds. The summed E-state index contributed by atoms with van der Waals surface area (Å²) in [5.41, 5.74) is 1.42. The van der Waals surface area contributed by atoms with Crippen molar-refractivity contribution in [2.45, 2.75) is 26.3 Å². The van der Waals surface area contributed by atoms with E-state index >= 15 is 0 Å². The Balaban J connectivity index is 1.39. The van der Waals surface area contributed by atoms with Gasteiger partial charge in [0.15, 0.2) is 5.96 Å². The minimum atomic E-state index is 0.900. The van der Waals surface area contributed by atoms with E-state index in [1.54, 1.807) is 0 Å². The summed E-state index contributed by atoms with van der Waals surface area (Å²) in [6, 6.07) is 10.8. The molecule has 0 bridgehead atoms. The summed E-state index contributed by atoms with van der Waals surface area (Å²) < 4.78 is 0. The summed E-state index contributed by atoms with van der Waals surface area (Å²) in [5, 5.41) is 3.45. The maximum Gasteiger partial charge on any atom is 0.193 e. The van der Waals surface area contributed by atoms with Gasteiger partial charge in [0.05, 0.1) is 6.54 Å². The van der Waals surface area contributed by atoms with Gasteiger partial charge < -0.3 is 10.2 Å². The van der Waals surface area contributed by atoms with Crippen molar-refractivity contribution in [3.8, 4) is 0 Å². The molecule has 5 nitrogen and oxygen atoms in total. The van der Waals surface area contributed by atoms with E-state index in [1.165, 1.54) is 18.4 Å². The third-order valence-corrected chi connectivity index (χ3v) is 5.13. The maximum atomic E-state index is 4.85. The fourth-order valence-corrected chi connectivity index (χ4v) is 3.66. The van der Waals surface area contributed by atoms with Crippen LogP contribution in [0.15, 0.2) is 35.3 Å². The number of piperazine rings is 1. The third-order valence-electron chi connectivity index (χ3n) is 5.13. The molecule has 2 saturated heterocycles. The molecule has 0 spiro atoms. The zero-order chi connectivity index (χ0) is 17.3. The molecule has 0 atom stereocenters. The second-order valence-corrected chi connectivity index (χ2v) is 7.03. The normalized spacial score (nSPS) is 20.2. The minimum absolute atomic E-state index is 0.900. The third kappa shape index (κ3) is 5.72. The topological polar surface area (TPSA) is 34.1 Å². The molecule has 25 heavy (non-hydrogen) atoms. The highest BCUT2D eigenvalue weighted by molar-refractivity contribution is 5.80. The molecule has 0 unspecified atom stereocenters. The van der Waals surface area contributed by atoms with Gasteiger partial charge in [0, 0.05) is 58.9 Å². The van der Waals surface area contributed by atoms with Crippen LogP contribution < -0.4 is 5.32 Å². The average molecular weight is 344 g/mol. The van der Waals surface area contributed by atoms with E-state index in [9.17, 15) is 0 Å². The largest absolute Gasteiger partial charge is 0.357 e. The standard InChI is InChI=1S/C20H33N5/c1-2-21-20(25-11-6-7-12-25)22-10-13-23-14-16-24(17-15-23)18-19-8-4-3-5-9-19/h3-5,8-9H,2,6-7,10-18H2,1H3,(H,21,22). The molecule has 3 rings (SSSR count). The lowest BCUT2D eigenvalue weighted by atomic mass is 10.2. The van der Waals surface area contributed by atoms with Crippen LogP contribution >= 0.6 is 0 Å². The lowest BCUT2D eigenvalue weighted by Crippen LogP contribution is -2.47. The Morgan fingerprint density at radius 1 is 0.960 bits per heavy atom. The minimum Gasteiger partial charge on any atom is -0.357 e. The van der Waals surface area contributed by atoms with Gasteiger partial charge in [-0.05, 0) is 25.3 Å². The Morgan fingerprint density at radius 3 is 2.32 bits per heavy atom. The smallest absolute Gasteiger partial charge is 0.193 e. The van der Waals surface area contributed by atoms with E-state index in [2.05, 4.69) is 57.3 Å². The monoisotopic (exact) mass is 343 g/mol. The van der Waals surface area contributed by atoms with Crippen LogP contribution in [0, 0.1) is 0 Å². The van der Waals surface area contributed by atoms with E-state index in [1.807, 2.05) is 0 Å². The van der Waals surface area contributed by atoms with E-state index < -0.39 is 0 Å². The van der Waals surface area contributed by atoms with Gasteiger partial charge >= 0.3 is 0 Å². The van der Waals surface area contributed by atoms with Gasteiger partial charge in [-0.3, -0.25) is 14.8 Å². The van der Waals surface area contributed by atoms with Crippen LogP contribution in [0.4, 0.5) is 0 Å². The van der Waals surface area contributed by atoms with Crippen molar-refractivity contribution in [1.29, 1.82) is 0 Å². The molecule has 1 aromatic rings. The Bertz CT molecular complexity index is 516. The van der Waals surface area contributed by atoms with E-state index in [0.717, 1.165) is 71.4 Å². The molecular weight excluding hydrogens is 310 g/mol. The zero-order valence-corrected chi connectivity index (χ0v) is 15.7. The fraction of sp³-hybridized carbons (Fsp3) is 0.650. The fourth-order valence-electron chi connectivity index (χ4n) is 3.66. The number of hydrogen-bond donors (Lipinski definition) is 1. The molecule has 2 aliphatic heterocycles. The van der Waals surface area contributed by atoms with E-state index in [0.29, 0.717) is 0 Å². The van der Waals surface area contributed by atoms with E-state index in [-0.39, 0.29) is 0 Å². The Morgan fingerprint density at radius 2 is 1.64 bits per heavy atom. The average Bonchev–Trinajstić information content (AvgIpc) is 3.18. The number of likely N-dealkylation sites (tertiary alicyclic amines) is 1. The van der Waals surface area contributed by atoms with Crippen LogP contribution in [0.1, 0.15) is 25.3 Å². The molecule has 2 fully saturated rings. The highest BCUT2D eigenvalue weighted by Crippen LogP contribution is 2.09. The molecular formula is C20H33N5. The van der Waals surface area contributed by atoms with Gasteiger partial charge in [0.25, 0.3) is 0 Å². The van der Waals surface area contributed by atoms with Gasteiger partial charge in [-0.15, -0.1) is 0 Å². The van der Waals surface area contributed by atoms with Crippen molar-refractivity contribution in [2.24, 2.45) is 4.99 Å². The van der Waals surface area contributed by atoms with Gasteiger partial charge in [-0.1, -0.05) is 30.3 Å². The first-order valence-electron chi connectivity index (χ1n) is 9.87. The summed E-state index contributed by atoms with van der Waals surface area (Å²) >= 11 is 0. The van der Waals surface area contributed by atoms with Crippen LogP contribution in [0.3, 0.4) is 0 Å². The number of aliphatic imine (C=N–C) groups is 1. The van der Waals surface area contributed by atoms with Crippen molar-refractivity contribution >= 4 is 5.96 Å². The summed E-state index contributed by atoms with van der Waals surface area (Å²) in [6.07, 6.45) is 2.60. The quantitative estimate of drug-likeness (QED) is 0.632. The molecule has 5 heteroatoms. The highest BCUT2D eigenvalue weighted by atomic mass is 15.3. The first-order valence-corrected chi connectivity index (χ1v) is 9.87. The molecule has 1 N–H and O–H groups in total. The Kier molecular flexibility index (Phi) is 7.12. The predicted molar refractivity (Wildman–Crippen MR) is 105 cm³/mol. The van der Waals surface area contributed by atoms with Gasteiger partial charge in [0.1, 0.15) is 0 Å². The van der Waals surface area contributed by atoms with Crippen molar-refractivity contribution in [3.05, 3.63) is 35.9 Å². The molecule has 0 radical (unpaired) electrons. The summed E-state index contributed by atoms with van der Waals surface area (Å²) in [7, 11) is 0. The predicted octanol–water partition coefficient (Wildman–Crippen LogP) is 1.87. The molecule has 2 aliphatic rings. The van der Waals surface area contributed by atoms with E-state index in [4.69, 9.17) is 4.99 Å². The van der Waals surface area contributed by atoms with Gasteiger partial charge in [-0.2, -0.15) is 0 Å². The number of nitrogens with one attached hydrogen (secondary N) is 1. The molecule has 2 heterocycles. The highest BCUT2D eigenvalue weighted by Gasteiger charge is 2.18. The summed E-state index contributed by atoms with van der Waals surface area (Å²) in [6.45, 7) is 13.1. The summed E-state index contributed by atoms with van der Waals surface area (Å²) in [5.74, 6) is 1.11. The second kappa shape index (κ2) is 9.78. The number of guanidine groups is 1. The first kappa shape index (κ1) is 18.2. The molecule has 0 aromatic heterocycles. The molecule has 1 aromatic carbocycles. The zero-order valence-electron chi connectivity index (χ0n) is 15.7. The Hall–Kier alpha value is -1.59. The van der Waals surface area contributed by atoms with Crippen molar-refractivity contribution in [1.82, 2.24) is 20.0 Å². The van der Waals surface area contributed by atoms with Crippen molar-refractivity contribution in [3.63, 3.8) is 0 Å². The SMILES string of the molecule is CCNC(=NCCN1CCN(Cc2ccccc2)CC1)N1CCCC1. The van der Waals surface area contributed by atoms with Crippen LogP contribution in [0.25, 0.3) is 0 Å². The van der Waals surface area contributed by atoms with Gasteiger partial charge in [-0.25, -0.2) is 0 Å². The number of nitrogens with zero attached hydrogens (tertiary/aromatic N) is 4. The number of benzene rings is 1. The van der Waals surface area contributed by atoms with Crippen molar-refractivity contribution < 1.29 is 0 Å². The van der Waals surface area contributed by atoms with Crippen LogP contribution in [-0.2, 0) is 6.54 Å². The molecule has 0 saturated carbocycles. The second-order valence-electron chi connectivity index (χ2n) is 7.03. The molecule has 0 aliphatic carbocycles. The van der Waals surface area contributed by atoms with Crippen molar-refractivity contribution in [2.75, 3.05) is 58.9 Å². The molecule has 138 valence electrons. The first-order chi connectivity index (χ1) is 12.3.